The number of rotatable bonds is 7. The van der Waals surface area contributed by atoms with Gasteiger partial charge in [-0.25, -0.2) is 13.6 Å². The van der Waals surface area contributed by atoms with Gasteiger partial charge in [0.25, 0.3) is 19.8 Å². The van der Waals surface area contributed by atoms with Crippen LogP contribution in [0.2, 0.25) is 5.04 Å². The zero-order valence-corrected chi connectivity index (χ0v) is 23.5. The minimum Gasteiger partial charge on any atom is -0.468 e. The van der Waals surface area contributed by atoms with E-state index in [1.54, 1.807) is 0 Å². The summed E-state index contributed by atoms with van der Waals surface area (Å²) in [5.41, 5.74) is -4.12. The number of carbonyl (C=O) groups is 1. The molecule has 1 N–H and O–H groups in total. The van der Waals surface area contributed by atoms with Crippen LogP contribution in [0.5, 0.6) is 0 Å². The molecule has 2 aromatic carbocycles. The van der Waals surface area contributed by atoms with Gasteiger partial charge in [0, 0.05) is 11.8 Å². The summed E-state index contributed by atoms with van der Waals surface area (Å²) in [6, 6.07) is 17.1. The smallest absolute Gasteiger partial charge is 0.329 e. The summed E-state index contributed by atoms with van der Waals surface area (Å²) in [6.07, 6.45) is 3.25. The third kappa shape index (κ3) is 4.51. The van der Waals surface area contributed by atoms with Crippen molar-refractivity contribution in [1.29, 1.82) is 0 Å². The predicted octanol–water partition coefficient (Wildman–Crippen LogP) is 3.33. The van der Waals surface area contributed by atoms with Crippen molar-refractivity contribution in [2.45, 2.75) is 44.7 Å². The fourth-order valence-corrected chi connectivity index (χ4v) is 9.98. The average Bonchev–Trinajstić information content (AvgIpc) is 3.17. The maximum atomic E-state index is 16.5. The third-order valence-corrected chi connectivity index (χ3v) is 12.4. The molecule has 0 fully saturated rings. The van der Waals surface area contributed by atoms with E-state index < -0.39 is 54.6 Å². The van der Waals surface area contributed by atoms with E-state index in [2.05, 4.69) is 4.98 Å². The number of alkyl halides is 2. The van der Waals surface area contributed by atoms with Crippen molar-refractivity contribution >= 4 is 24.7 Å². The molecular formula is C29H32F2N2O5Si. The van der Waals surface area contributed by atoms with Crippen LogP contribution < -0.4 is 21.6 Å². The van der Waals surface area contributed by atoms with Crippen LogP contribution in [0.4, 0.5) is 8.78 Å². The highest BCUT2D eigenvalue weighted by Gasteiger charge is 2.67. The molecule has 0 bridgehead atoms. The van der Waals surface area contributed by atoms with Gasteiger partial charge in [0.05, 0.1) is 13.7 Å². The van der Waals surface area contributed by atoms with E-state index in [9.17, 15) is 14.4 Å². The van der Waals surface area contributed by atoms with E-state index in [0.717, 1.165) is 40.4 Å². The van der Waals surface area contributed by atoms with E-state index >= 15 is 8.78 Å². The molecule has 39 heavy (non-hydrogen) atoms. The fourth-order valence-electron chi connectivity index (χ4n) is 5.38. The Morgan fingerprint density at radius 3 is 2.05 bits per heavy atom. The molecule has 0 radical (unpaired) electrons. The summed E-state index contributed by atoms with van der Waals surface area (Å²) < 4.78 is 45.3. The molecule has 1 aliphatic carbocycles. The molecule has 1 aromatic heterocycles. The molecular weight excluding hydrogens is 522 g/mol. The lowest BCUT2D eigenvalue weighted by Crippen LogP contribution is -2.68. The van der Waals surface area contributed by atoms with Crippen LogP contribution in [-0.4, -0.2) is 43.5 Å². The summed E-state index contributed by atoms with van der Waals surface area (Å²) in [5.74, 6) is -5.02. The second-order valence-electron chi connectivity index (χ2n) is 10.8. The maximum absolute atomic E-state index is 16.5. The number of esters is 1. The number of allylic oxidation sites excluding steroid dienone is 1. The molecule has 3 aromatic rings. The van der Waals surface area contributed by atoms with Crippen molar-refractivity contribution in [3.63, 3.8) is 0 Å². The van der Waals surface area contributed by atoms with E-state index in [4.69, 9.17) is 9.16 Å². The minimum atomic E-state index is -3.83. The van der Waals surface area contributed by atoms with Gasteiger partial charge in [-0.05, 0) is 22.3 Å². The zero-order valence-electron chi connectivity index (χ0n) is 22.5. The first-order chi connectivity index (χ1) is 18.3. The SMILES string of the molecule is COC(=O)[C@@]1(CO[Si](c2ccccc2)(c2ccccc2)C(C)(C)C)C=C[C@H](n2cc(C)c(=O)[nH]c2=O)C1(F)F. The van der Waals surface area contributed by atoms with Crippen molar-refractivity contribution in [2.75, 3.05) is 13.7 Å². The van der Waals surface area contributed by atoms with Gasteiger partial charge in [0.15, 0.2) is 5.41 Å². The number of aryl methyl sites for hydroxylation is 1. The molecule has 1 aliphatic rings. The van der Waals surface area contributed by atoms with Gasteiger partial charge in [0.1, 0.15) is 6.04 Å². The van der Waals surface area contributed by atoms with E-state index in [0.29, 0.717) is 0 Å². The van der Waals surface area contributed by atoms with Crippen LogP contribution in [-0.2, 0) is 14.0 Å². The Balaban J connectivity index is 1.87. The Kier molecular flexibility index (Phi) is 7.39. The first-order valence-electron chi connectivity index (χ1n) is 12.5. The molecule has 206 valence electrons. The number of ether oxygens (including phenoxy) is 1. The van der Waals surface area contributed by atoms with Crippen molar-refractivity contribution < 1.29 is 22.7 Å². The zero-order chi connectivity index (χ0) is 28.6. The quantitative estimate of drug-likeness (QED) is 0.275. The third-order valence-electron chi connectivity index (χ3n) is 7.46. The normalized spacial score (nSPS) is 20.6. The lowest BCUT2D eigenvalue weighted by molar-refractivity contribution is -0.181. The molecule has 2 atom stereocenters. The summed E-state index contributed by atoms with van der Waals surface area (Å²) in [7, 11) is -2.26. The van der Waals surface area contributed by atoms with Gasteiger partial charge in [0.2, 0.25) is 0 Å². The van der Waals surface area contributed by atoms with Crippen LogP contribution in [0.1, 0.15) is 32.4 Å². The number of methoxy groups -OCH3 is 1. The maximum Gasteiger partial charge on any atom is 0.329 e. The van der Waals surface area contributed by atoms with Gasteiger partial charge in [-0.15, -0.1) is 0 Å². The molecule has 0 saturated heterocycles. The summed E-state index contributed by atoms with van der Waals surface area (Å²) >= 11 is 0. The molecule has 0 aliphatic heterocycles. The number of benzene rings is 2. The lowest BCUT2D eigenvalue weighted by atomic mass is 9.83. The second-order valence-corrected chi connectivity index (χ2v) is 15.1. The Morgan fingerprint density at radius 1 is 1.03 bits per heavy atom. The molecule has 7 nitrogen and oxygen atoms in total. The average molecular weight is 555 g/mol. The summed E-state index contributed by atoms with van der Waals surface area (Å²) in [6.45, 7) is 6.71. The predicted molar refractivity (Wildman–Crippen MR) is 147 cm³/mol. The number of nitrogens with one attached hydrogen (secondary N) is 1. The lowest BCUT2D eigenvalue weighted by Gasteiger charge is -2.45. The highest BCUT2D eigenvalue weighted by atomic mass is 28.4. The fraction of sp³-hybridized carbons (Fsp3) is 0.345. The number of aromatic nitrogens is 2. The van der Waals surface area contributed by atoms with Crippen molar-refractivity contribution in [3.8, 4) is 0 Å². The van der Waals surface area contributed by atoms with Crippen LogP contribution in [0.25, 0.3) is 0 Å². The molecule has 0 unspecified atom stereocenters. The van der Waals surface area contributed by atoms with Crippen molar-refractivity contribution in [3.05, 3.63) is 105 Å². The van der Waals surface area contributed by atoms with Crippen LogP contribution in [0.3, 0.4) is 0 Å². The van der Waals surface area contributed by atoms with Gasteiger partial charge in [-0.3, -0.25) is 19.1 Å². The molecule has 0 saturated carbocycles. The first-order valence-corrected chi connectivity index (χ1v) is 14.5. The number of H-pyrrole nitrogens is 1. The minimum absolute atomic E-state index is 0.0814. The summed E-state index contributed by atoms with van der Waals surface area (Å²) in [4.78, 5) is 39.7. The van der Waals surface area contributed by atoms with Crippen molar-refractivity contribution in [1.82, 2.24) is 9.55 Å². The summed E-state index contributed by atoms with van der Waals surface area (Å²) in [5, 5.41) is 1.19. The van der Waals surface area contributed by atoms with Crippen LogP contribution in [0, 0.1) is 12.3 Å². The monoisotopic (exact) mass is 554 g/mol. The molecule has 1 heterocycles. The number of nitrogens with zero attached hydrogens (tertiary/aromatic N) is 1. The molecule has 0 amide bonds. The highest BCUT2D eigenvalue weighted by Crippen LogP contribution is 2.53. The van der Waals surface area contributed by atoms with E-state index in [1.807, 2.05) is 81.4 Å². The van der Waals surface area contributed by atoms with Crippen LogP contribution >= 0.6 is 0 Å². The molecule has 10 heteroatoms. The number of carbonyl (C=O) groups excluding carboxylic acids is 1. The van der Waals surface area contributed by atoms with Crippen molar-refractivity contribution in [2.24, 2.45) is 5.41 Å². The number of halogens is 2. The largest absolute Gasteiger partial charge is 0.468 e. The number of hydrogen-bond donors (Lipinski definition) is 1. The van der Waals surface area contributed by atoms with Gasteiger partial charge >= 0.3 is 11.7 Å². The number of hydrogen-bond acceptors (Lipinski definition) is 5. The standard InChI is InChI=1S/C29H32F2N2O5Si/c1-20-18-33(26(36)32-24(20)34)23-16-17-28(25(35)37-5,29(23,30)31)19-38-39(27(2,3)4,21-12-8-6-9-13-21)22-14-10-7-11-15-22/h6-18,23H,19H2,1-5H3,(H,32,34,36)/t23-,28-/m0/s1. The Hall–Kier alpha value is -3.63. The Bertz CT molecular complexity index is 1460. The second kappa shape index (κ2) is 10.2. The molecule has 4 rings (SSSR count). The van der Waals surface area contributed by atoms with Gasteiger partial charge in [-0.2, -0.15) is 0 Å². The van der Waals surface area contributed by atoms with Gasteiger partial charge in [-0.1, -0.05) is 93.6 Å². The topological polar surface area (TPSA) is 90.4 Å². The molecule has 0 spiro atoms. The highest BCUT2D eigenvalue weighted by molar-refractivity contribution is 6.99. The van der Waals surface area contributed by atoms with E-state index in [1.165, 1.54) is 6.92 Å². The number of aromatic amines is 1. The Labute approximate surface area is 226 Å². The Morgan fingerprint density at radius 2 is 1.56 bits per heavy atom. The van der Waals surface area contributed by atoms with E-state index in [-0.39, 0.29) is 5.56 Å². The first kappa shape index (κ1) is 28.4. The van der Waals surface area contributed by atoms with Crippen LogP contribution in [0.15, 0.2) is 88.6 Å². The van der Waals surface area contributed by atoms with Gasteiger partial charge < -0.3 is 9.16 Å².